The number of carbonyl (C=O) groups excluding carboxylic acids is 2. The van der Waals surface area contributed by atoms with Gasteiger partial charge in [-0.3, -0.25) is 9.59 Å². The third-order valence-corrected chi connectivity index (χ3v) is 5.36. The van der Waals surface area contributed by atoms with E-state index in [4.69, 9.17) is 11.6 Å². The summed E-state index contributed by atoms with van der Waals surface area (Å²) in [6.45, 7) is 3.72. The summed E-state index contributed by atoms with van der Waals surface area (Å²) in [5, 5.41) is 6.65. The normalized spacial score (nSPS) is 10.4. The van der Waals surface area contributed by atoms with Gasteiger partial charge in [0.2, 0.25) is 5.91 Å². The molecule has 0 fully saturated rings. The van der Waals surface area contributed by atoms with Crippen molar-refractivity contribution >= 4 is 46.6 Å². The van der Waals surface area contributed by atoms with E-state index in [2.05, 4.69) is 15.6 Å². The highest BCUT2D eigenvalue weighted by atomic mass is 35.5. The fraction of sp³-hybridized carbons (Fsp3) is 0.136. The maximum Gasteiger partial charge on any atom is 0.258 e. The van der Waals surface area contributed by atoms with Gasteiger partial charge in [-0.15, -0.1) is 0 Å². The van der Waals surface area contributed by atoms with Gasteiger partial charge in [-0.1, -0.05) is 53.7 Å². The first-order valence-electron chi connectivity index (χ1n) is 8.96. The largest absolute Gasteiger partial charge is 0.324 e. The molecule has 0 bridgehead atoms. The Labute approximate surface area is 178 Å². The quantitative estimate of drug-likeness (QED) is 0.523. The van der Waals surface area contributed by atoms with E-state index >= 15 is 0 Å². The van der Waals surface area contributed by atoms with Crippen LogP contribution in [0.2, 0.25) is 5.02 Å². The van der Waals surface area contributed by atoms with E-state index in [9.17, 15) is 9.59 Å². The van der Waals surface area contributed by atoms with Gasteiger partial charge in [-0.25, -0.2) is 4.98 Å². The van der Waals surface area contributed by atoms with Crippen LogP contribution in [0.3, 0.4) is 0 Å². The van der Waals surface area contributed by atoms with Crippen LogP contribution in [0.5, 0.6) is 0 Å². The van der Waals surface area contributed by atoms with Crippen LogP contribution in [-0.4, -0.2) is 22.6 Å². The summed E-state index contributed by atoms with van der Waals surface area (Å²) in [4.78, 5) is 29.7. The summed E-state index contributed by atoms with van der Waals surface area (Å²) >= 11 is 7.30. The van der Waals surface area contributed by atoms with Crippen LogP contribution in [0, 0.1) is 13.8 Å². The number of rotatable bonds is 6. The van der Waals surface area contributed by atoms with E-state index in [-0.39, 0.29) is 17.6 Å². The van der Waals surface area contributed by atoms with Gasteiger partial charge in [0.1, 0.15) is 5.03 Å². The second-order valence-electron chi connectivity index (χ2n) is 6.40. The van der Waals surface area contributed by atoms with Crippen LogP contribution >= 0.6 is 23.4 Å². The second-order valence-corrected chi connectivity index (χ2v) is 7.77. The number of halogens is 1. The molecule has 5 nitrogen and oxygen atoms in total. The lowest BCUT2D eigenvalue weighted by Crippen LogP contribution is -2.18. The molecule has 148 valence electrons. The third-order valence-electron chi connectivity index (χ3n) is 4.06. The lowest BCUT2D eigenvalue weighted by atomic mass is 10.1. The lowest BCUT2D eigenvalue weighted by Gasteiger charge is -2.13. The molecule has 3 aromatic rings. The minimum atomic E-state index is -0.254. The number of aryl methyl sites for hydroxylation is 2. The maximum atomic E-state index is 12.9. The number of pyridine rings is 1. The van der Waals surface area contributed by atoms with Gasteiger partial charge in [0.05, 0.1) is 22.0 Å². The minimum absolute atomic E-state index is 0.104. The molecule has 2 amide bonds. The number of thioether (sulfide) groups is 1. The van der Waals surface area contributed by atoms with Crippen molar-refractivity contribution in [2.75, 3.05) is 16.4 Å². The summed E-state index contributed by atoms with van der Waals surface area (Å²) in [6, 6.07) is 18.1. The van der Waals surface area contributed by atoms with Crippen molar-refractivity contribution in [1.82, 2.24) is 4.98 Å². The van der Waals surface area contributed by atoms with Crippen molar-refractivity contribution in [3.05, 3.63) is 82.5 Å². The van der Waals surface area contributed by atoms with Crippen molar-refractivity contribution < 1.29 is 9.59 Å². The number of nitrogens with one attached hydrogen (secondary N) is 2. The number of aromatic nitrogens is 1. The lowest BCUT2D eigenvalue weighted by molar-refractivity contribution is -0.113. The number of benzene rings is 2. The maximum absolute atomic E-state index is 12.9. The van der Waals surface area contributed by atoms with E-state index in [0.717, 1.165) is 11.3 Å². The first-order valence-corrected chi connectivity index (χ1v) is 10.3. The first-order chi connectivity index (χ1) is 13.9. The molecule has 3 rings (SSSR count). The molecule has 2 N–H and O–H groups in total. The van der Waals surface area contributed by atoms with E-state index < -0.39 is 0 Å². The van der Waals surface area contributed by atoms with Gasteiger partial charge in [-0.2, -0.15) is 0 Å². The average Bonchev–Trinajstić information content (AvgIpc) is 2.68. The summed E-state index contributed by atoms with van der Waals surface area (Å²) in [5.74, 6) is -0.374. The standard InChI is InChI=1S/C22H20ClN3O2S/c1-14-12-15(2)24-22(20(14)21(28)25-16-8-4-3-5-9-16)29-13-19(27)26-18-11-7-6-10-17(18)23/h3-12H,13H2,1-2H3,(H,25,28)(H,26,27). The summed E-state index contributed by atoms with van der Waals surface area (Å²) in [6.07, 6.45) is 0. The summed E-state index contributed by atoms with van der Waals surface area (Å²) in [5.41, 5.74) is 3.31. The van der Waals surface area contributed by atoms with Crippen molar-refractivity contribution in [2.45, 2.75) is 18.9 Å². The van der Waals surface area contributed by atoms with Crippen molar-refractivity contribution in [2.24, 2.45) is 0 Å². The van der Waals surface area contributed by atoms with Crippen LogP contribution in [0.25, 0.3) is 0 Å². The van der Waals surface area contributed by atoms with E-state index in [1.807, 2.05) is 50.2 Å². The molecule has 2 aromatic carbocycles. The van der Waals surface area contributed by atoms with Gasteiger partial charge in [-0.05, 0) is 49.7 Å². The molecule has 0 aliphatic carbocycles. The van der Waals surface area contributed by atoms with Crippen LogP contribution in [0.1, 0.15) is 21.6 Å². The zero-order valence-corrected chi connectivity index (χ0v) is 17.6. The average molecular weight is 426 g/mol. The molecule has 1 heterocycles. The number of carbonyl (C=O) groups is 2. The fourth-order valence-corrected chi connectivity index (χ4v) is 3.91. The third kappa shape index (κ3) is 5.59. The number of para-hydroxylation sites is 2. The van der Waals surface area contributed by atoms with Gasteiger partial charge in [0.25, 0.3) is 5.91 Å². The van der Waals surface area contributed by atoms with Gasteiger partial charge < -0.3 is 10.6 Å². The Hall–Kier alpha value is -2.83. The number of nitrogens with zero attached hydrogens (tertiary/aromatic N) is 1. The Morgan fingerprint density at radius 1 is 1.00 bits per heavy atom. The minimum Gasteiger partial charge on any atom is -0.324 e. The molecule has 1 aromatic heterocycles. The second kappa shape index (κ2) is 9.58. The number of hydrogen-bond acceptors (Lipinski definition) is 4. The molecular weight excluding hydrogens is 406 g/mol. The Morgan fingerprint density at radius 3 is 2.41 bits per heavy atom. The predicted molar refractivity (Wildman–Crippen MR) is 119 cm³/mol. The summed E-state index contributed by atoms with van der Waals surface area (Å²) in [7, 11) is 0. The highest BCUT2D eigenvalue weighted by molar-refractivity contribution is 8.00. The van der Waals surface area contributed by atoms with Gasteiger partial charge >= 0.3 is 0 Å². The van der Waals surface area contributed by atoms with Crippen molar-refractivity contribution in [3.63, 3.8) is 0 Å². The smallest absolute Gasteiger partial charge is 0.258 e. The highest BCUT2D eigenvalue weighted by Gasteiger charge is 2.18. The molecule has 0 atom stereocenters. The van der Waals surface area contributed by atoms with E-state index in [1.165, 1.54) is 11.8 Å². The SMILES string of the molecule is Cc1cc(C)c(C(=O)Nc2ccccc2)c(SCC(=O)Nc2ccccc2Cl)n1. The predicted octanol–water partition coefficient (Wildman–Crippen LogP) is 5.33. The van der Waals surface area contributed by atoms with Crippen LogP contribution < -0.4 is 10.6 Å². The molecule has 0 spiro atoms. The number of amides is 2. The van der Waals surface area contributed by atoms with Crippen LogP contribution in [0.15, 0.2) is 65.7 Å². The van der Waals surface area contributed by atoms with Gasteiger partial charge in [0, 0.05) is 11.4 Å². The van der Waals surface area contributed by atoms with Crippen LogP contribution in [-0.2, 0) is 4.79 Å². The van der Waals surface area contributed by atoms with Crippen molar-refractivity contribution in [3.8, 4) is 0 Å². The topological polar surface area (TPSA) is 71.1 Å². The van der Waals surface area contributed by atoms with Crippen molar-refractivity contribution in [1.29, 1.82) is 0 Å². The molecule has 0 radical (unpaired) electrons. The first kappa shape index (κ1) is 20.9. The molecule has 0 unspecified atom stereocenters. The number of hydrogen-bond donors (Lipinski definition) is 2. The van der Waals surface area contributed by atoms with E-state index in [1.54, 1.807) is 24.3 Å². The molecule has 0 aliphatic rings. The summed E-state index contributed by atoms with van der Waals surface area (Å²) < 4.78 is 0. The Kier molecular flexibility index (Phi) is 6.90. The fourth-order valence-electron chi connectivity index (χ4n) is 2.78. The molecule has 0 saturated carbocycles. The molecule has 0 saturated heterocycles. The highest BCUT2D eigenvalue weighted by Crippen LogP contribution is 2.26. The zero-order chi connectivity index (χ0) is 20.8. The monoisotopic (exact) mass is 425 g/mol. The van der Waals surface area contributed by atoms with E-state index in [0.29, 0.717) is 27.0 Å². The molecule has 29 heavy (non-hydrogen) atoms. The number of anilines is 2. The van der Waals surface area contributed by atoms with Gasteiger partial charge in [0.15, 0.2) is 0 Å². The van der Waals surface area contributed by atoms with Crippen LogP contribution in [0.4, 0.5) is 11.4 Å². The Balaban J connectivity index is 1.75. The zero-order valence-electron chi connectivity index (χ0n) is 16.0. The Morgan fingerprint density at radius 2 is 1.69 bits per heavy atom. The molecule has 7 heteroatoms. The molecule has 0 aliphatic heterocycles. The Bertz CT molecular complexity index is 1040. The molecular formula is C22H20ClN3O2S.